The SMILES string of the molecule is C=CC(=O)N1CCN(c2c(C#N)c(=O)n3c4nc(c(Cl)cc24)c2c(Cl)c(F)c(F)c(F)c2nc2cc[nH]c(C(C)C)c23)C[C@H]1C. The highest BCUT2D eigenvalue weighted by Gasteiger charge is 2.31. The van der Waals surface area contributed by atoms with Gasteiger partial charge in [-0.15, -0.1) is 0 Å². The molecule has 1 aliphatic rings. The molecule has 1 aromatic carbocycles. The summed E-state index contributed by atoms with van der Waals surface area (Å²) in [6, 6.07) is 4.60. The number of halogens is 5. The number of rotatable bonds is 3. The molecule has 1 atom stereocenters. The predicted molar refractivity (Wildman–Crippen MR) is 167 cm³/mol. The maximum absolute atomic E-state index is 15.5. The van der Waals surface area contributed by atoms with E-state index in [9.17, 15) is 23.6 Å². The Morgan fingerprint density at radius 1 is 1.18 bits per heavy atom. The molecule has 6 rings (SSSR count). The van der Waals surface area contributed by atoms with Gasteiger partial charge in [-0.3, -0.25) is 14.0 Å². The molecule has 9 nitrogen and oxygen atoms in total. The van der Waals surface area contributed by atoms with Gasteiger partial charge < -0.3 is 14.8 Å². The molecule has 0 saturated carbocycles. The number of hydrogen-bond acceptors (Lipinski definition) is 6. The van der Waals surface area contributed by atoms with E-state index in [1.54, 1.807) is 4.90 Å². The maximum atomic E-state index is 15.5. The number of benzene rings is 1. The van der Waals surface area contributed by atoms with Crippen LogP contribution in [-0.4, -0.2) is 55.8 Å². The van der Waals surface area contributed by atoms with E-state index in [0.717, 1.165) is 0 Å². The number of nitrogens with one attached hydrogen (secondary N) is 1. The molecular formula is C31H24Cl2F3N7O2. The van der Waals surface area contributed by atoms with Crippen molar-refractivity contribution >= 4 is 73.3 Å². The second kappa shape index (κ2) is 11.1. The topological polar surface area (TPSA) is 110 Å². The first kappa shape index (κ1) is 30.4. The number of H-pyrrole nitrogens is 1. The summed E-state index contributed by atoms with van der Waals surface area (Å²) in [5.74, 6) is -5.61. The van der Waals surface area contributed by atoms with E-state index in [2.05, 4.69) is 21.5 Å². The number of amides is 1. The van der Waals surface area contributed by atoms with Crippen molar-refractivity contribution in [1.29, 1.82) is 5.26 Å². The third-order valence-electron chi connectivity index (χ3n) is 8.08. The Kier molecular flexibility index (Phi) is 7.49. The summed E-state index contributed by atoms with van der Waals surface area (Å²) in [5.41, 5.74) is -1.05. The first-order valence-electron chi connectivity index (χ1n) is 13.9. The number of nitrogens with zero attached hydrogens (tertiary/aromatic N) is 6. The highest BCUT2D eigenvalue weighted by atomic mass is 35.5. The van der Waals surface area contributed by atoms with Gasteiger partial charge in [0, 0.05) is 43.0 Å². The molecule has 230 valence electrons. The Bertz CT molecular complexity index is 2260. The first-order valence-corrected chi connectivity index (χ1v) is 14.7. The molecule has 1 amide bonds. The second-order valence-corrected chi connectivity index (χ2v) is 11.9. The molecule has 1 fully saturated rings. The number of anilines is 1. The van der Waals surface area contributed by atoms with Crippen LogP contribution in [0.1, 0.15) is 37.9 Å². The molecular weight excluding hydrogens is 630 g/mol. The monoisotopic (exact) mass is 653 g/mol. The number of carbonyl (C=O) groups is 1. The fraction of sp³-hybridized carbons (Fsp3) is 0.258. The van der Waals surface area contributed by atoms with Crippen molar-refractivity contribution in [2.24, 2.45) is 0 Å². The summed E-state index contributed by atoms with van der Waals surface area (Å²) >= 11 is 13.0. The standard InChI is InChI=1S/C31H24Cl2F3N7O2/c1-5-19(44)42-9-8-41(12-14(42)4)28-15-10-17(32)26-20-21(33)22(34)23(35)24(36)27(20)39-18-6-7-38-25(13(2)3)29(18)43(30(15)40-26)31(45)16(28)11-37/h5-7,10,13-14,38H,1,8-9,12H2,2-4H3/t14-/m1/s1. The van der Waals surface area contributed by atoms with Crippen LogP contribution in [0.3, 0.4) is 0 Å². The zero-order valence-corrected chi connectivity index (χ0v) is 25.7. The van der Waals surface area contributed by atoms with E-state index in [1.165, 1.54) is 28.8 Å². The summed E-state index contributed by atoms with van der Waals surface area (Å²) in [4.78, 5) is 42.4. The van der Waals surface area contributed by atoms with Crippen LogP contribution in [0.2, 0.25) is 10.0 Å². The number of aromatic nitrogens is 4. The lowest BCUT2D eigenvalue weighted by Crippen LogP contribution is -2.54. The zero-order valence-electron chi connectivity index (χ0n) is 24.2. The number of fused-ring (bicyclic) bond motifs is 5. The van der Waals surface area contributed by atoms with Gasteiger partial charge in [-0.05, 0) is 31.1 Å². The van der Waals surface area contributed by atoms with E-state index in [4.69, 9.17) is 23.2 Å². The smallest absolute Gasteiger partial charge is 0.276 e. The fourth-order valence-electron chi connectivity index (χ4n) is 6.01. The molecule has 5 heterocycles. The van der Waals surface area contributed by atoms with Crippen LogP contribution < -0.4 is 10.5 Å². The highest BCUT2D eigenvalue weighted by molar-refractivity contribution is 6.40. The Balaban J connectivity index is 1.89. The molecule has 14 heteroatoms. The van der Waals surface area contributed by atoms with Gasteiger partial charge in [0.2, 0.25) is 5.91 Å². The van der Waals surface area contributed by atoms with Crippen molar-refractivity contribution in [3.05, 3.63) is 80.1 Å². The van der Waals surface area contributed by atoms with Crippen molar-refractivity contribution in [3.63, 3.8) is 0 Å². The molecule has 1 saturated heterocycles. The quantitative estimate of drug-likeness (QED) is 0.137. The van der Waals surface area contributed by atoms with Crippen LogP contribution in [0.5, 0.6) is 0 Å². The van der Waals surface area contributed by atoms with Crippen molar-refractivity contribution in [3.8, 4) is 6.07 Å². The van der Waals surface area contributed by atoms with Gasteiger partial charge in [-0.25, -0.2) is 23.1 Å². The minimum absolute atomic E-state index is 0.00217. The van der Waals surface area contributed by atoms with Crippen molar-refractivity contribution in [2.75, 3.05) is 24.5 Å². The van der Waals surface area contributed by atoms with Gasteiger partial charge in [-0.1, -0.05) is 43.6 Å². The van der Waals surface area contributed by atoms with Gasteiger partial charge in [0.1, 0.15) is 17.1 Å². The molecule has 0 radical (unpaired) electrons. The van der Waals surface area contributed by atoms with E-state index >= 15 is 4.39 Å². The Morgan fingerprint density at radius 2 is 1.91 bits per heavy atom. The number of pyridine rings is 3. The molecule has 1 aliphatic heterocycles. The summed E-state index contributed by atoms with van der Waals surface area (Å²) < 4.78 is 46.3. The largest absolute Gasteiger partial charge is 0.366 e. The minimum Gasteiger partial charge on any atom is -0.366 e. The highest BCUT2D eigenvalue weighted by Crippen LogP contribution is 2.39. The lowest BCUT2D eigenvalue weighted by molar-refractivity contribution is -0.128. The van der Waals surface area contributed by atoms with Crippen LogP contribution >= 0.6 is 23.2 Å². The second-order valence-electron chi connectivity index (χ2n) is 11.1. The number of nitriles is 1. The third-order valence-corrected chi connectivity index (χ3v) is 8.72. The average molecular weight is 654 g/mol. The summed E-state index contributed by atoms with van der Waals surface area (Å²) in [5, 5.41) is 9.36. The van der Waals surface area contributed by atoms with Gasteiger partial charge >= 0.3 is 0 Å². The van der Waals surface area contributed by atoms with Crippen LogP contribution in [0.25, 0.3) is 38.5 Å². The van der Waals surface area contributed by atoms with E-state index in [-0.39, 0.29) is 81.4 Å². The lowest BCUT2D eigenvalue weighted by atomic mass is 10.1. The third kappa shape index (κ3) is 4.52. The van der Waals surface area contributed by atoms with Crippen molar-refractivity contribution in [2.45, 2.75) is 32.7 Å². The Labute approximate surface area is 263 Å². The van der Waals surface area contributed by atoms with Crippen LogP contribution in [0, 0.1) is 28.8 Å². The van der Waals surface area contributed by atoms with Crippen molar-refractivity contribution < 1.29 is 18.0 Å². The molecule has 45 heavy (non-hydrogen) atoms. The van der Waals surface area contributed by atoms with Gasteiger partial charge in [0.05, 0.1) is 37.7 Å². The number of piperazine rings is 1. The zero-order chi connectivity index (χ0) is 32.5. The fourth-order valence-corrected chi connectivity index (χ4v) is 6.52. The summed E-state index contributed by atoms with van der Waals surface area (Å²) in [6.45, 7) is 9.87. The molecule has 0 aliphatic carbocycles. The minimum atomic E-state index is -1.83. The van der Waals surface area contributed by atoms with Gasteiger partial charge in [0.15, 0.2) is 23.1 Å². The number of aromatic amines is 1. The predicted octanol–water partition coefficient (Wildman–Crippen LogP) is 6.38. The van der Waals surface area contributed by atoms with Crippen LogP contribution in [0.4, 0.5) is 18.9 Å². The number of carbonyl (C=O) groups excluding carboxylic acids is 1. The number of hydrogen-bond donors (Lipinski definition) is 1. The lowest BCUT2D eigenvalue weighted by Gasteiger charge is -2.41. The molecule has 4 aromatic heterocycles. The molecule has 2 bridgehead atoms. The van der Waals surface area contributed by atoms with Crippen LogP contribution in [-0.2, 0) is 4.79 Å². The van der Waals surface area contributed by atoms with Gasteiger partial charge in [-0.2, -0.15) is 5.26 Å². The average Bonchev–Trinajstić information content (AvgIpc) is 3.07. The summed E-state index contributed by atoms with van der Waals surface area (Å²) in [6.07, 6.45) is 2.74. The maximum Gasteiger partial charge on any atom is 0.276 e. The molecule has 1 N–H and O–H groups in total. The molecule has 5 aromatic rings. The Morgan fingerprint density at radius 3 is 2.56 bits per heavy atom. The van der Waals surface area contributed by atoms with Crippen LogP contribution in [0.15, 0.2) is 35.8 Å². The van der Waals surface area contributed by atoms with E-state index in [0.29, 0.717) is 5.69 Å². The van der Waals surface area contributed by atoms with E-state index < -0.39 is 38.9 Å². The molecule has 0 unspecified atom stereocenters. The first-order chi connectivity index (χ1) is 21.4. The molecule has 0 spiro atoms. The van der Waals surface area contributed by atoms with Gasteiger partial charge in [0.25, 0.3) is 5.56 Å². The van der Waals surface area contributed by atoms with E-state index in [1.807, 2.05) is 31.7 Å². The normalized spacial score (nSPS) is 15.4. The Hall–Kier alpha value is -4.60. The van der Waals surface area contributed by atoms with Crippen molar-refractivity contribution in [1.82, 2.24) is 24.3 Å². The summed E-state index contributed by atoms with van der Waals surface area (Å²) in [7, 11) is 0.